The summed E-state index contributed by atoms with van der Waals surface area (Å²) in [6.07, 6.45) is 6.77. The highest BCUT2D eigenvalue weighted by Gasteiger charge is 2.16. The van der Waals surface area contributed by atoms with E-state index >= 15 is 0 Å². The van der Waals surface area contributed by atoms with Gasteiger partial charge in [-0.15, -0.1) is 0 Å². The lowest BCUT2D eigenvalue weighted by molar-refractivity contribution is -0.114. The minimum Gasteiger partial charge on any atom is -0.493 e. The molecule has 0 aliphatic carbocycles. The number of ether oxygens (including phenoxy) is 2. The summed E-state index contributed by atoms with van der Waals surface area (Å²) in [5, 5.41) is 0. The predicted octanol–water partition coefficient (Wildman–Crippen LogP) is 4.33. The van der Waals surface area contributed by atoms with E-state index in [-0.39, 0.29) is 18.1 Å². The number of carbonyl (C=O) groups excluding carboxylic acids is 1. The van der Waals surface area contributed by atoms with Gasteiger partial charge in [0, 0.05) is 18.3 Å². The highest BCUT2D eigenvalue weighted by Crippen LogP contribution is 2.29. The molecule has 0 fully saturated rings. The first-order chi connectivity index (χ1) is 12.4. The van der Waals surface area contributed by atoms with Crippen LogP contribution >= 0.6 is 0 Å². The molecule has 2 rings (SSSR count). The van der Waals surface area contributed by atoms with Crippen LogP contribution in [0.25, 0.3) is 6.08 Å². The number of pyridine rings is 1. The fraction of sp³-hybridized carbons (Fsp3) is 0.333. The maximum absolute atomic E-state index is 12.7. The molecule has 2 aromatic rings. The van der Waals surface area contributed by atoms with Gasteiger partial charge in [0.05, 0.1) is 25.1 Å². The van der Waals surface area contributed by atoms with E-state index in [1.54, 1.807) is 36.6 Å². The van der Waals surface area contributed by atoms with Crippen molar-refractivity contribution in [3.05, 3.63) is 54.4 Å². The molecule has 26 heavy (non-hydrogen) atoms. The minimum atomic E-state index is -0.102. The van der Waals surface area contributed by atoms with Gasteiger partial charge in [-0.2, -0.15) is 0 Å². The Kier molecular flexibility index (Phi) is 6.78. The van der Waals surface area contributed by atoms with Crippen molar-refractivity contribution in [1.82, 2.24) is 4.98 Å². The number of hydrogen-bond donors (Lipinski definition) is 0. The average Bonchev–Trinajstić information content (AvgIpc) is 2.61. The molecule has 0 N–H and O–H groups in total. The quantitative estimate of drug-likeness (QED) is 0.694. The van der Waals surface area contributed by atoms with E-state index in [0.29, 0.717) is 11.5 Å². The third kappa shape index (κ3) is 5.09. The topological polar surface area (TPSA) is 51.7 Å². The van der Waals surface area contributed by atoms with Gasteiger partial charge in [0.2, 0.25) is 0 Å². The minimum absolute atomic E-state index is 0.0210. The molecule has 0 aliphatic rings. The van der Waals surface area contributed by atoms with Crippen molar-refractivity contribution in [2.24, 2.45) is 0 Å². The zero-order valence-corrected chi connectivity index (χ0v) is 16.0. The second kappa shape index (κ2) is 9.04. The van der Waals surface area contributed by atoms with Crippen LogP contribution in [-0.4, -0.2) is 30.1 Å². The van der Waals surface area contributed by atoms with E-state index in [1.807, 2.05) is 58.0 Å². The van der Waals surface area contributed by atoms with Crippen LogP contribution in [0.2, 0.25) is 0 Å². The number of nitrogens with zero attached hydrogens (tertiary/aromatic N) is 2. The SMILES string of the molecule is COc1cc(/C=C/C(=O)N(c2cccnc2)C(C)C)ccc1OC(C)C. The molecule has 1 aromatic heterocycles. The first kappa shape index (κ1) is 19.5. The van der Waals surface area contributed by atoms with E-state index in [2.05, 4.69) is 4.98 Å². The number of anilines is 1. The molecule has 5 nitrogen and oxygen atoms in total. The molecule has 0 unspecified atom stereocenters. The summed E-state index contributed by atoms with van der Waals surface area (Å²) in [6, 6.07) is 9.32. The van der Waals surface area contributed by atoms with Crippen LogP contribution in [0.4, 0.5) is 5.69 Å². The monoisotopic (exact) mass is 354 g/mol. The number of benzene rings is 1. The highest BCUT2D eigenvalue weighted by molar-refractivity contribution is 6.04. The molecule has 0 atom stereocenters. The van der Waals surface area contributed by atoms with E-state index < -0.39 is 0 Å². The van der Waals surface area contributed by atoms with Crippen molar-refractivity contribution in [2.45, 2.75) is 39.8 Å². The van der Waals surface area contributed by atoms with Gasteiger partial charge in [0.1, 0.15) is 0 Å². The van der Waals surface area contributed by atoms with Crippen LogP contribution < -0.4 is 14.4 Å². The highest BCUT2D eigenvalue weighted by atomic mass is 16.5. The molecule has 1 aromatic carbocycles. The molecular weight excluding hydrogens is 328 g/mol. The Morgan fingerprint density at radius 3 is 2.50 bits per heavy atom. The largest absolute Gasteiger partial charge is 0.493 e. The molecule has 1 amide bonds. The lowest BCUT2D eigenvalue weighted by Crippen LogP contribution is -2.35. The van der Waals surface area contributed by atoms with Gasteiger partial charge in [0.25, 0.3) is 5.91 Å². The van der Waals surface area contributed by atoms with E-state index in [9.17, 15) is 4.79 Å². The van der Waals surface area contributed by atoms with E-state index in [1.165, 1.54) is 0 Å². The van der Waals surface area contributed by atoms with Crippen molar-refractivity contribution in [1.29, 1.82) is 0 Å². The van der Waals surface area contributed by atoms with Crippen LogP contribution in [0.3, 0.4) is 0 Å². The number of amides is 1. The smallest absolute Gasteiger partial charge is 0.251 e. The fourth-order valence-corrected chi connectivity index (χ4v) is 2.56. The van der Waals surface area contributed by atoms with Gasteiger partial charge < -0.3 is 14.4 Å². The number of aromatic nitrogens is 1. The van der Waals surface area contributed by atoms with E-state index in [4.69, 9.17) is 9.47 Å². The zero-order chi connectivity index (χ0) is 19.1. The van der Waals surface area contributed by atoms with Crippen molar-refractivity contribution in [3.63, 3.8) is 0 Å². The average molecular weight is 354 g/mol. The Morgan fingerprint density at radius 2 is 1.92 bits per heavy atom. The lowest BCUT2D eigenvalue weighted by atomic mass is 10.1. The molecular formula is C21H26N2O3. The van der Waals surface area contributed by atoms with Crippen LogP contribution in [-0.2, 0) is 4.79 Å². The van der Waals surface area contributed by atoms with Crippen LogP contribution in [0.15, 0.2) is 48.8 Å². The third-order valence-corrected chi connectivity index (χ3v) is 3.65. The van der Waals surface area contributed by atoms with Gasteiger partial charge in [-0.05, 0) is 63.6 Å². The number of methoxy groups -OCH3 is 1. The number of hydrogen-bond acceptors (Lipinski definition) is 4. The molecule has 0 spiro atoms. The zero-order valence-electron chi connectivity index (χ0n) is 16.0. The maximum Gasteiger partial charge on any atom is 0.251 e. The Labute approximate surface area is 155 Å². The van der Waals surface area contributed by atoms with E-state index in [0.717, 1.165) is 11.3 Å². The molecule has 0 radical (unpaired) electrons. The molecule has 138 valence electrons. The second-order valence-electron chi connectivity index (χ2n) is 6.42. The normalized spacial score (nSPS) is 11.2. The summed E-state index contributed by atoms with van der Waals surface area (Å²) in [4.78, 5) is 18.5. The Balaban J connectivity index is 2.21. The predicted molar refractivity (Wildman–Crippen MR) is 105 cm³/mol. The Hall–Kier alpha value is -2.82. The van der Waals surface area contributed by atoms with Crippen LogP contribution in [0, 0.1) is 0 Å². The number of carbonyl (C=O) groups is 1. The molecule has 0 saturated carbocycles. The van der Waals surface area contributed by atoms with Gasteiger partial charge >= 0.3 is 0 Å². The Bertz CT molecular complexity index is 755. The first-order valence-corrected chi connectivity index (χ1v) is 8.68. The first-order valence-electron chi connectivity index (χ1n) is 8.68. The van der Waals surface area contributed by atoms with Gasteiger partial charge in [-0.25, -0.2) is 0 Å². The molecule has 1 heterocycles. The van der Waals surface area contributed by atoms with Crippen molar-refractivity contribution in [3.8, 4) is 11.5 Å². The van der Waals surface area contributed by atoms with Crippen LogP contribution in [0.1, 0.15) is 33.3 Å². The van der Waals surface area contributed by atoms with Gasteiger partial charge in [0.15, 0.2) is 11.5 Å². The summed E-state index contributed by atoms with van der Waals surface area (Å²) in [7, 11) is 1.60. The van der Waals surface area contributed by atoms with Gasteiger partial charge in [-0.1, -0.05) is 6.07 Å². The van der Waals surface area contributed by atoms with Crippen molar-refractivity contribution >= 4 is 17.7 Å². The summed E-state index contributed by atoms with van der Waals surface area (Å²) >= 11 is 0. The second-order valence-corrected chi connectivity index (χ2v) is 6.42. The summed E-state index contributed by atoms with van der Waals surface area (Å²) in [5.74, 6) is 1.22. The molecule has 0 saturated heterocycles. The molecule has 0 aliphatic heterocycles. The fourth-order valence-electron chi connectivity index (χ4n) is 2.56. The summed E-state index contributed by atoms with van der Waals surface area (Å²) < 4.78 is 11.1. The molecule has 5 heteroatoms. The van der Waals surface area contributed by atoms with Crippen molar-refractivity contribution < 1.29 is 14.3 Å². The third-order valence-electron chi connectivity index (χ3n) is 3.65. The lowest BCUT2D eigenvalue weighted by Gasteiger charge is -2.25. The van der Waals surface area contributed by atoms with Gasteiger partial charge in [-0.3, -0.25) is 9.78 Å². The summed E-state index contributed by atoms with van der Waals surface area (Å²) in [6.45, 7) is 7.87. The standard InChI is InChI=1S/C21H26N2O3/c1-15(2)23(18-7-6-12-22-14-18)21(24)11-9-17-8-10-19(26-16(3)4)20(13-17)25-5/h6-16H,1-5H3/b11-9+. The number of rotatable bonds is 7. The van der Waals surface area contributed by atoms with Crippen molar-refractivity contribution in [2.75, 3.05) is 12.0 Å². The maximum atomic E-state index is 12.7. The summed E-state index contributed by atoms with van der Waals surface area (Å²) in [5.41, 5.74) is 1.64. The Morgan fingerprint density at radius 1 is 1.15 bits per heavy atom. The van der Waals surface area contributed by atoms with Crippen LogP contribution in [0.5, 0.6) is 11.5 Å². The molecule has 0 bridgehead atoms.